The zero-order chi connectivity index (χ0) is 13.7. The van der Waals surface area contributed by atoms with Gasteiger partial charge in [-0.3, -0.25) is 5.32 Å². The number of hydrogen-bond donors (Lipinski definition) is 1. The minimum absolute atomic E-state index is 0.248. The van der Waals surface area contributed by atoms with Crippen LogP contribution < -0.4 is 5.32 Å². The van der Waals surface area contributed by atoms with Crippen LogP contribution in [0.25, 0.3) is 0 Å². The first-order valence-corrected chi connectivity index (χ1v) is 7.28. The average Bonchev–Trinajstić information content (AvgIpc) is 2.63. The Balaban J connectivity index is 2.75. The van der Waals surface area contributed by atoms with Gasteiger partial charge in [0.2, 0.25) is 0 Å². The molecule has 0 aliphatic carbocycles. The van der Waals surface area contributed by atoms with E-state index in [9.17, 15) is 4.79 Å². The maximum absolute atomic E-state index is 11.8. The van der Waals surface area contributed by atoms with E-state index in [1.54, 1.807) is 11.3 Å². The number of nitrogens with one attached hydrogen (secondary N) is 1. The van der Waals surface area contributed by atoms with Crippen molar-refractivity contribution in [2.75, 3.05) is 34.3 Å². The standard InChI is InChI=1S/C12H19BrN2O2S/c1-8-9(13)7-10(18-8)11(12(16)17-4)14-5-6-15(2)3/h7,11,14H,5-6H2,1-4H3. The largest absolute Gasteiger partial charge is 0.468 e. The van der Waals surface area contributed by atoms with Crippen molar-refractivity contribution in [3.8, 4) is 0 Å². The zero-order valence-electron chi connectivity index (χ0n) is 11.1. The van der Waals surface area contributed by atoms with E-state index in [2.05, 4.69) is 26.1 Å². The van der Waals surface area contributed by atoms with E-state index >= 15 is 0 Å². The lowest BCUT2D eigenvalue weighted by Gasteiger charge is -2.17. The van der Waals surface area contributed by atoms with Crippen LogP contribution in [-0.4, -0.2) is 45.2 Å². The number of likely N-dealkylation sites (N-methyl/N-ethyl adjacent to an activating group) is 1. The summed E-state index contributed by atoms with van der Waals surface area (Å²) in [5.41, 5.74) is 0. The van der Waals surface area contributed by atoms with Crippen molar-refractivity contribution in [3.63, 3.8) is 0 Å². The molecule has 1 unspecified atom stereocenters. The van der Waals surface area contributed by atoms with Crippen LogP contribution in [0.1, 0.15) is 15.8 Å². The fourth-order valence-electron chi connectivity index (χ4n) is 1.47. The maximum Gasteiger partial charge on any atom is 0.328 e. The number of rotatable bonds is 6. The molecule has 1 heterocycles. The molecule has 0 aliphatic heterocycles. The van der Waals surface area contributed by atoms with Gasteiger partial charge in [0.05, 0.1) is 7.11 Å². The second kappa shape index (κ2) is 7.23. The summed E-state index contributed by atoms with van der Waals surface area (Å²) >= 11 is 5.07. The van der Waals surface area contributed by atoms with Gasteiger partial charge in [-0.1, -0.05) is 0 Å². The lowest BCUT2D eigenvalue weighted by molar-refractivity contribution is -0.143. The van der Waals surface area contributed by atoms with Gasteiger partial charge in [0.1, 0.15) is 6.04 Å². The summed E-state index contributed by atoms with van der Waals surface area (Å²) < 4.78 is 5.88. The van der Waals surface area contributed by atoms with Crippen molar-refractivity contribution in [1.29, 1.82) is 0 Å². The lowest BCUT2D eigenvalue weighted by atomic mass is 10.2. The van der Waals surface area contributed by atoms with E-state index in [1.165, 1.54) is 7.11 Å². The SMILES string of the molecule is COC(=O)C(NCCN(C)C)c1cc(Br)c(C)s1. The molecular formula is C12H19BrN2O2S. The first-order chi connectivity index (χ1) is 8.45. The summed E-state index contributed by atoms with van der Waals surface area (Å²) in [5.74, 6) is -0.248. The van der Waals surface area contributed by atoms with Crippen LogP contribution in [0.5, 0.6) is 0 Å². The molecule has 1 N–H and O–H groups in total. The Morgan fingerprint density at radius 2 is 2.28 bits per heavy atom. The Morgan fingerprint density at radius 3 is 2.72 bits per heavy atom. The molecule has 6 heteroatoms. The number of methoxy groups -OCH3 is 1. The van der Waals surface area contributed by atoms with Gasteiger partial charge < -0.3 is 9.64 Å². The summed E-state index contributed by atoms with van der Waals surface area (Å²) in [7, 11) is 5.42. The van der Waals surface area contributed by atoms with Gasteiger partial charge in [-0.25, -0.2) is 4.79 Å². The molecule has 1 rings (SSSR count). The van der Waals surface area contributed by atoms with Crippen LogP contribution >= 0.6 is 27.3 Å². The molecule has 0 amide bonds. The summed E-state index contributed by atoms with van der Waals surface area (Å²) in [6, 6.07) is 1.59. The molecule has 0 aromatic carbocycles. The number of carbonyl (C=O) groups is 1. The van der Waals surface area contributed by atoms with E-state index in [-0.39, 0.29) is 12.0 Å². The molecule has 18 heavy (non-hydrogen) atoms. The minimum atomic E-state index is -0.384. The lowest BCUT2D eigenvalue weighted by Crippen LogP contribution is -2.34. The zero-order valence-corrected chi connectivity index (χ0v) is 13.5. The fourth-order valence-corrected chi connectivity index (χ4v) is 3.10. The normalized spacial score (nSPS) is 12.8. The number of ether oxygens (including phenoxy) is 1. The smallest absolute Gasteiger partial charge is 0.328 e. The Morgan fingerprint density at radius 1 is 1.61 bits per heavy atom. The molecule has 1 atom stereocenters. The van der Waals surface area contributed by atoms with Crippen molar-refractivity contribution in [2.45, 2.75) is 13.0 Å². The number of thiophene rings is 1. The molecule has 1 aromatic rings. The molecule has 0 saturated carbocycles. The summed E-state index contributed by atoms with van der Waals surface area (Å²) in [6.45, 7) is 3.63. The second-order valence-corrected chi connectivity index (χ2v) is 6.41. The molecule has 0 spiro atoms. The monoisotopic (exact) mass is 334 g/mol. The van der Waals surface area contributed by atoms with Crippen LogP contribution in [0, 0.1) is 6.92 Å². The summed E-state index contributed by atoms with van der Waals surface area (Å²) in [6.07, 6.45) is 0. The molecule has 4 nitrogen and oxygen atoms in total. The van der Waals surface area contributed by atoms with Crippen LogP contribution in [0.4, 0.5) is 0 Å². The van der Waals surface area contributed by atoms with Gasteiger partial charge in [0.25, 0.3) is 0 Å². The number of carbonyl (C=O) groups excluding carboxylic acids is 1. The number of aryl methyl sites for hydroxylation is 1. The Hall–Kier alpha value is -0.430. The van der Waals surface area contributed by atoms with E-state index in [0.717, 1.165) is 27.3 Å². The predicted octanol–water partition coefficient (Wildman–Crippen LogP) is 2.18. The summed E-state index contributed by atoms with van der Waals surface area (Å²) in [5, 5.41) is 3.23. The maximum atomic E-state index is 11.8. The van der Waals surface area contributed by atoms with E-state index < -0.39 is 0 Å². The Bertz CT molecular complexity index is 387. The Labute approximate surface area is 120 Å². The average molecular weight is 335 g/mol. The summed E-state index contributed by atoms with van der Waals surface area (Å²) in [4.78, 5) is 16.0. The van der Waals surface area contributed by atoms with E-state index in [0.29, 0.717) is 0 Å². The van der Waals surface area contributed by atoms with Crippen molar-refractivity contribution in [1.82, 2.24) is 10.2 Å². The highest BCUT2D eigenvalue weighted by molar-refractivity contribution is 9.10. The van der Waals surface area contributed by atoms with Crippen molar-refractivity contribution >= 4 is 33.2 Å². The second-order valence-electron chi connectivity index (χ2n) is 4.27. The highest BCUT2D eigenvalue weighted by Gasteiger charge is 2.23. The third kappa shape index (κ3) is 4.35. The molecule has 0 radical (unpaired) electrons. The van der Waals surface area contributed by atoms with Gasteiger partial charge in [0.15, 0.2) is 0 Å². The topological polar surface area (TPSA) is 41.6 Å². The number of nitrogens with zero attached hydrogens (tertiary/aromatic N) is 1. The van der Waals surface area contributed by atoms with Crippen LogP contribution in [0.15, 0.2) is 10.5 Å². The van der Waals surface area contributed by atoms with Crippen molar-refractivity contribution < 1.29 is 9.53 Å². The van der Waals surface area contributed by atoms with Crippen LogP contribution in [0.2, 0.25) is 0 Å². The van der Waals surface area contributed by atoms with Gasteiger partial charge in [0, 0.05) is 27.3 Å². The number of halogens is 1. The minimum Gasteiger partial charge on any atom is -0.468 e. The molecule has 0 fully saturated rings. The first-order valence-electron chi connectivity index (χ1n) is 5.67. The van der Waals surface area contributed by atoms with Crippen LogP contribution in [-0.2, 0) is 9.53 Å². The van der Waals surface area contributed by atoms with E-state index in [1.807, 2.05) is 27.1 Å². The third-order valence-corrected chi connectivity index (χ3v) is 4.71. The van der Waals surface area contributed by atoms with Gasteiger partial charge in [-0.2, -0.15) is 0 Å². The third-order valence-electron chi connectivity index (χ3n) is 2.51. The van der Waals surface area contributed by atoms with E-state index in [4.69, 9.17) is 4.74 Å². The van der Waals surface area contributed by atoms with Crippen molar-refractivity contribution in [3.05, 3.63) is 20.3 Å². The van der Waals surface area contributed by atoms with Crippen molar-refractivity contribution in [2.24, 2.45) is 0 Å². The van der Waals surface area contributed by atoms with Gasteiger partial charge in [-0.15, -0.1) is 11.3 Å². The number of esters is 1. The molecule has 1 aromatic heterocycles. The highest BCUT2D eigenvalue weighted by Crippen LogP contribution is 2.31. The van der Waals surface area contributed by atoms with Crippen LogP contribution in [0.3, 0.4) is 0 Å². The predicted molar refractivity (Wildman–Crippen MR) is 78.1 cm³/mol. The highest BCUT2D eigenvalue weighted by atomic mass is 79.9. The van der Waals surface area contributed by atoms with Gasteiger partial charge >= 0.3 is 5.97 Å². The molecule has 102 valence electrons. The fraction of sp³-hybridized carbons (Fsp3) is 0.583. The molecule has 0 bridgehead atoms. The number of hydrogen-bond acceptors (Lipinski definition) is 5. The molecular weight excluding hydrogens is 316 g/mol. The molecule has 0 aliphatic rings. The molecule has 0 saturated heterocycles. The first kappa shape index (κ1) is 15.6. The quantitative estimate of drug-likeness (QED) is 0.809. The van der Waals surface area contributed by atoms with Gasteiger partial charge in [-0.05, 0) is 43.0 Å². The Kier molecular flexibility index (Phi) is 6.28.